The van der Waals surface area contributed by atoms with Crippen LogP contribution in [0.25, 0.3) is 0 Å². The highest BCUT2D eigenvalue weighted by Crippen LogP contribution is 2.26. The summed E-state index contributed by atoms with van der Waals surface area (Å²) >= 11 is 6.15. The number of alkyl halides is 3. The Bertz CT molecular complexity index is 543. The van der Waals surface area contributed by atoms with Crippen LogP contribution in [0.3, 0.4) is 0 Å². The van der Waals surface area contributed by atoms with Gasteiger partial charge < -0.3 is 9.80 Å². The Morgan fingerprint density at radius 2 is 2.10 bits per heavy atom. The van der Waals surface area contributed by atoms with Crippen LogP contribution in [-0.4, -0.2) is 58.8 Å². The molecule has 2 rings (SSSR count). The van der Waals surface area contributed by atoms with Gasteiger partial charge in [0.15, 0.2) is 5.69 Å². The van der Waals surface area contributed by atoms with Crippen molar-refractivity contribution in [1.82, 2.24) is 19.6 Å². The van der Waals surface area contributed by atoms with E-state index in [1.165, 1.54) is 0 Å². The SMILES string of the molecule is CN1CCCn2nc(C(=O)N(C)CC(F)(F)F)c(Cl)c2C1. The lowest BCUT2D eigenvalue weighted by Gasteiger charge is -2.18. The first kappa shape index (κ1) is 16.1. The number of hydrogen-bond donors (Lipinski definition) is 0. The standard InChI is InChI=1S/C12H16ClF3N4O/c1-18-4-3-5-20-8(6-18)9(13)10(17-20)11(21)19(2)7-12(14,15)16/h3-7H2,1-2H3. The number of aryl methyl sites for hydroxylation is 1. The van der Waals surface area contributed by atoms with Crippen molar-refractivity contribution in [2.45, 2.75) is 25.7 Å². The fraction of sp³-hybridized carbons (Fsp3) is 0.667. The summed E-state index contributed by atoms with van der Waals surface area (Å²) in [7, 11) is 3.00. The zero-order valence-electron chi connectivity index (χ0n) is 11.7. The normalized spacial score (nSPS) is 16.5. The minimum absolute atomic E-state index is 0.117. The molecule has 1 aromatic rings. The van der Waals surface area contributed by atoms with E-state index < -0.39 is 18.6 Å². The van der Waals surface area contributed by atoms with Crippen molar-refractivity contribution in [3.63, 3.8) is 0 Å². The summed E-state index contributed by atoms with van der Waals surface area (Å²) in [6, 6.07) is 0. The Morgan fingerprint density at radius 3 is 2.71 bits per heavy atom. The Hall–Kier alpha value is -1.28. The van der Waals surface area contributed by atoms with Crippen molar-refractivity contribution in [2.75, 3.05) is 27.2 Å². The second kappa shape index (κ2) is 5.84. The van der Waals surface area contributed by atoms with Crippen LogP contribution in [0.4, 0.5) is 13.2 Å². The van der Waals surface area contributed by atoms with Gasteiger partial charge in [-0.3, -0.25) is 9.48 Å². The minimum atomic E-state index is -4.45. The van der Waals surface area contributed by atoms with Crippen LogP contribution < -0.4 is 0 Å². The molecule has 0 aromatic carbocycles. The van der Waals surface area contributed by atoms with E-state index in [1.54, 1.807) is 4.68 Å². The highest BCUT2D eigenvalue weighted by atomic mass is 35.5. The lowest BCUT2D eigenvalue weighted by Crippen LogP contribution is -2.36. The lowest BCUT2D eigenvalue weighted by atomic mass is 10.3. The number of halogens is 4. The quantitative estimate of drug-likeness (QED) is 0.835. The van der Waals surface area contributed by atoms with Crippen molar-refractivity contribution >= 4 is 17.5 Å². The smallest absolute Gasteiger partial charge is 0.331 e. The minimum Gasteiger partial charge on any atom is -0.331 e. The van der Waals surface area contributed by atoms with Gasteiger partial charge in [0, 0.05) is 26.7 Å². The maximum absolute atomic E-state index is 12.4. The molecule has 1 aliphatic heterocycles. The molecule has 0 saturated carbocycles. The summed E-state index contributed by atoms with van der Waals surface area (Å²) < 4.78 is 38.7. The topological polar surface area (TPSA) is 41.4 Å². The predicted molar refractivity (Wildman–Crippen MR) is 71.2 cm³/mol. The summed E-state index contributed by atoms with van der Waals surface area (Å²) in [5.41, 5.74) is 0.550. The Balaban J connectivity index is 2.25. The molecule has 9 heteroatoms. The molecular formula is C12H16ClF3N4O. The molecule has 0 spiro atoms. The number of carbonyl (C=O) groups is 1. The van der Waals surface area contributed by atoms with Crippen molar-refractivity contribution in [3.05, 3.63) is 16.4 Å². The average Bonchev–Trinajstić information content (AvgIpc) is 2.55. The van der Waals surface area contributed by atoms with E-state index in [0.717, 1.165) is 20.0 Å². The predicted octanol–water partition coefficient (Wildman–Crippen LogP) is 2.01. The summed E-state index contributed by atoms with van der Waals surface area (Å²) in [6.07, 6.45) is -3.61. The molecule has 0 aliphatic carbocycles. The largest absolute Gasteiger partial charge is 0.406 e. The fourth-order valence-corrected chi connectivity index (χ4v) is 2.57. The van der Waals surface area contributed by atoms with Gasteiger partial charge in [0.25, 0.3) is 5.91 Å². The third-order valence-corrected chi connectivity index (χ3v) is 3.69. The fourth-order valence-electron chi connectivity index (χ4n) is 2.29. The van der Waals surface area contributed by atoms with Gasteiger partial charge >= 0.3 is 6.18 Å². The number of rotatable bonds is 2. The molecule has 0 atom stereocenters. The molecule has 0 fully saturated rings. The molecule has 1 aromatic heterocycles. The molecule has 118 valence electrons. The molecule has 1 amide bonds. The van der Waals surface area contributed by atoms with Gasteiger partial charge in [0.1, 0.15) is 6.54 Å². The molecule has 0 saturated heterocycles. The Morgan fingerprint density at radius 1 is 1.43 bits per heavy atom. The van der Waals surface area contributed by atoms with E-state index in [-0.39, 0.29) is 10.7 Å². The molecule has 0 bridgehead atoms. The van der Waals surface area contributed by atoms with Crippen molar-refractivity contribution < 1.29 is 18.0 Å². The Labute approximate surface area is 125 Å². The van der Waals surface area contributed by atoms with E-state index >= 15 is 0 Å². The van der Waals surface area contributed by atoms with Crippen LogP contribution in [-0.2, 0) is 13.1 Å². The first-order valence-corrected chi connectivity index (χ1v) is 6.83. The third kappa shape index (κ3) is 3.68. The van der Waals surface area contributed by atoms with Gasteiger partial charge in [-0.05, 0) is 13.5 Å². The lowest BCUT2D eigenvalue weighted by molar-refractivity contribution is -0.138. The van der Waals surface area contributed by atoms with Crippen LogP contribution in [0, 0.1) is 0 Å². The molecule has 5 nitrogen and oxygen atoms in total. The monoisotopic (exact) mass is 324 g/mol. The summed E-state index contributed by atoms with van der Waals surface area (Å²) in [5.74, 6) is -0.819. The summed E-state index contributed by atoms with van der Waals surface area (Å²) in [4.78, 5) is 14.7. The van der Waals surface area contributed by atoms with E-state index in [4.69, 9.17) is 11.6 Å². The van der Waals surface area contributed by atoms with Crippen LogP contribution >= 0.6 is 11.6 Å². The number of fused-ring (bicyclic) bond motifs is 1. The molecule has 1 aliphatic rings. The maximum Gasteiger partial charge on any atom is 0.406 e. The number of hydrogen-bond acceptors (Lipinski definition) is 3. The Kier molecular flexibility index (Phi) is 4.48. The molecule has 0 radical (unpaired) electrons. The zero-order chi connectivity index (χ0) is 15.8. The summed E-state index contributed by atoms with van der Waals surface area (Å²) in [6.45, 7) is 0.652. The second-order valence-electron chi connectivity index (χ2n) is 5.20. The highest BCUT2D eigenvalue weighted by molar-refractivity contribution is 6.34. The number of nitrogens with zero attached hydrogens (tertiary/aromatic N) is 4. The van der Waals surface area contributed by atoms with Crippen molar-refractivity contribution in [3.8, 4) is 0 Å². The molecule has 0 N–H and O–H groups in total. The molecule has 2 heterocycles. The maximum atomic E-state index is 12.4. The van der Waals surface area contributed by atoms with Crippen LogP contribution in [0.15, 0.2) is 0 Å². The van der Waals surface area contributed by atoms with E-state index in [2.05, 4.69) is 5.10 Å². The van der Waals surface area contributed by atoms with Crippen LogP contribution in [0.1, 0.15) is 22.6 Å². The van der Waals surface area contributed by atoms with Crippen molar-refractivity contribution in [2.24, 2.45) is 0 Å². The van der Waals surface area contributed by atoms with E-state index in [0.29, 0.717) is 23.7 Å². The van der Waals surface area contributed by atoms with E-state index in [1.807, 2.05) is 11.9 Å². The summed E-state index contributed by atoms with van der Waals surface area (Å²) in [5, 5.41) is 4.24. The zero-order valence-corrected chi connectivity index (χ0v) is 12.5. The highest BCUT2D eigenvalue weighted by Gasteiger charge is 2.34. The first-order valence-electron chi connectivity index (χ1n) is 6.45. The average molecular weight is 325 g/mol. The van der Waals surface area contributed by atoms with Crippen LogP contribution in [0.5, 0.6) is 0 Å². The number of aromatic nitrogens is 2. The van der Waals surface area contributed by atoms with Crippen molar-refractivity contribution in [1.29, 1.82) is 0 Å². The molecule has 0 unspecified atom stereocenters. The third-order valence-electron chi connectivity index (χ3n) is 3.29. The van der Waals surface area contributed by atoms with Crippen LogP contribution in [0.2, 0.25) is 5.02 Å². The second-order valence-corrected chi connectivity index (χ2v) is 5.58. The molecule has 21 heavy (non-hydrogen) atoms. The van der Waals surface area contributed by atoms with Gasteiger partial charge in [-0.1, -0.05) is 11.6 Å². The van der Waals surface area contributed by atoms with Gasteiger partial charge in [0.05, 0.1) is 10.7 Å². The van der Waals surface area contributed by atoms with Gasteiger partial charge in [0.2, 0.25) is 0 Å². The van der Waals surface area contributed by atoms with Gasteiger partial charge in [-0.25, -0.2) is 0 Å². The number of carbonyl (C=O) groups excluding carboxylic acids is 1. The van der Waals surface area contributed by atoms with E-state index in [9.17, 15) is 18.0 Å². The van der Waals surface area contributed by atoms with Gasteiger partial charge in [-0.15, -0.1) is 0 Å². The van der Waals surface area contributed by atoms with Gasteiger partial charge in [-0.2, -0.15) is 18.3 Å². The molecular weight excluding hydrogens is 309 g/mol. The number of amides is 1. The first-order chi connectivity index (χ1) is 9.69.